The van der Waals surface area contributed by atoms with Crippen LogP contribution in [0.3, 0.4) is 0 Å². The normalized spacial score (nSPS) is 16.6. The van der Waals surface area contributed by atoms with E-state index in [1.165, 1.54) is 11.1 Å². The van der Waals surface area contributed by atoms with Gasteiger partial charge < -0.3 is 24.8 Å². The van der Waals surface area contributed by atoms with E-state index < -0.39 is 11.9 Å². The van der Waals surface area contributed by atoms with E-state index in [9.17, 15) is 19.8 Å². The zero-order valence-electron chi connectivity index (χ0n) is 27.2. The van der Waals surface area contributed by atoms with Crippen molar-refractivity contribution < 1.29 is 34.4 Å². The molecule has 47 heavy (non-hydrogen) atoms. The van der Waals surface area contributed by atoms with Crippen LogP contribution in [0.2, 0.25) is 0 Å². The van der Waals surface area contributed by atoms with Gasteiger partial charge in [0, 0.05) is 5.56 Å². The summed E-state index contributed by atoms with van der Waals surface area (Å²) in [6, 6.07) is 26.0. The largest absolute Gasteiger partial charge is 0.508 e. The van der Waals surface area contributed by atoms with Crippen molar-refractivity contribution in [3.8, 4) is 28.4 Å². The second-order valence-corrected chi connectivity index (χ2v) is 12.6. The van der Waals surface area contributed by atoms with Gasteiger partial charge in [-0.15, -0.1) is 0 Å². The van der Waals surface area contributed by atoms with Crippen LogP contribution in [-0.2, 0) is 41.9 Å². The van der Waals surface area contributed by atoms with E-state index >= 15 is 0 Å². The average Bonchev–Trinajstić information content (AvgIpc) is 3.08. The summed E-state index contributed by atoms with van der Waals surface area (Å²) in [5.41, 5.74) is 9.04. The highest BCUT2D eigenvalue weighted by atomic mass is 16.5. The number of aliphatic carboxylic acids is 2. The molecule has 0 radical (unpaired) electrons. The molecule has 0 saturated carbocycles. The fraction of sp³-hybridized carbons (Fsp3) is 0.350. The number of aryl methyl sites for hydroxylation is 3. The first-order valence-electron chi connectivity index (χ1n) is 16.5. The predicted molar refractivity (Wildman–Crippen MR) is 182 cm³/mol. The van der Waals surface area contributed by atoms with Gasteiger partial charge in [0.05, 0.1) is 18.4 Å². The van der Waals surface area contributed by atoms with Crippen molar-refractivity contribution in [2.45, 2.75) is 71.8 Å². The molecule has 0 spiro atoms. The molecular weight excluding hydrogens is 592 g/mol. The van der Waals surface area contributed by atoms with E-state index in [4.69, 9.17) is 14.6 Å². The molecule has 4 aromatic carbocycles. The van der Waals surface area contributed by atoms with Crippen LogP contribution in [0.25, 0.3) is 11.1 Å². The van der Waals surface area contributed by atoms with Gasteiger partial charge in [-0.25, -0.2) is 0 Å². The topological polar surface area (TPSA) is 113 Å². The summed E-state index contributed by atoms with van der Waals surface area (Å²) in [4.78, 5) is 22.0. The third kappa shape index (κ3) is 8.94. The van der Waals surface area contributed by atoms with E-state index in [0.29, 0.717) is 32.3 Å². The Balaban J connectivity index is 0.000000257. The number of carboxylic acids is 2. The molecule has 2 atom stereocenters. The van der Waals surface area contributed by atoms with Gasteiger partial charge in [0.25, 0.3) is 0 Å². The van der Waals surface area contributed by atoms with Crippen molar-refractivity contribution in [3.05, 3.63) is 112 Å². The Bertz CT molecular complexity index is 1690. The Hall–Kier alpha value is -4.78. The van der Waals surface area contributed by atoms with Crippen molar-refractivity contribution in [2.24, 2.45) is 11.8 Å². The van der Waals surface area contributed by atoms with Gasteiger partial charge in [0.2, 0.25) is 0 Å². The molecule has 0 saturated heterocycles. The predicted octanol–water partition coefficient (Wildman–Crippen LogP) is 8.19. The molecule has 0 heterocycles. The van der Waals surface area contributed by atoms with E-state index in [1.807, 2.05) is 18.2 Å². The minimum Gasteiger partial charge on any atom is -0.508 e. The zero-order chi connectivity index (χ0) is 33.3. The van der Waals surface area contributed by atoms with E-state index in [1.54, 1.807) is 12.1 Å². The second-order valence-electron chi connectivity index (χ2n) is 12.6. The Morgan fingerprint density at radius 2 is 1.38 bits per heavy atom. The molecule has 3 N–H and O–H groups in total. The standard InChI is InChI=1S/C29H32O4.C11H12O3/c1-3-4-15-32-28-14-5-20(2)16-27(28)22-8-6-21(7-9-22)19-33-26-13-12-23-17-25(29(30)31)11-10-24(23)18-26;12-10-4-3-7-5-9(11(13)14)2-1-8(7)6-10/h5-9,12-14,16,18,25H,3-4,10-11,15,17,19H2,1-2H3,(H,30,31);3-4,6,9,12H,1-2,5H2,(H,13,14). The summed E-state index contributed by atoms with van der Waals surface area (Å²) < 4.78 is 12.1. The van der Waals surface area contributed by atoms with Crippen molar-refractivity contribution in [3.63, 3.8) is 0 Å². The van der Waals surface area contributed by atoms with Crippen molar-refractivity contribution in [1.82, 2.24) is 0 Å². The molecule has 0 amide bonds. The fourth-order valence-electron chi connectivity index (χ4n) is 6.25. The lowest BCUT2D eigenvalue weighted by molar-refractivity contribution is -0.143. The molecular formula is C40H44O7. The summed E-state index contributed by atoms with van der Waals surface area (Å²) in [6.45, 7) is 5.49. The third-order valence-electron chi connectivity index (χ3n) is 9.08. The van der Waals surface area contributed by atoms with E-state index in [-0.39, 0.29) is 17.6 Å². The summed E-state index contributed by atoms with van der Waals surface area (Å²) in [5, 5.41) is 27.4. The number of carbonyl (C=O) groups is 2. The summed E-state index contributed by atoms with van der Waals surface area (Å²) in [5.74, 6) is 0.0749. The summed E-state index contributed by atoms with van der Waals surface area (Å²) in [6.07, 6.45) is 6.26. The van der Waals surface area contributed by atoms with Gasteiger partial charge in [0.15, 0.2) is 0 Å². The Kier molecular flexibility index (Phi) is 11.2. The number of benzene rings is 4. The maximum atomic E-state index is 11.3. The van der Waals surface area contributed by atoms with Crippen LogP contribution in [-0.4, -0.2) is 33.9 Å². The molecule has 2 unspecified atom stereocenters. The second kappa shape index (κ2) is 15.7. The molecule has 0 aromatic heterocycles. The summed E-state index contributed by atoms with van der Waals surface area (Å²) >= 11 is 0. The Morgan fingerprint density at radius 1 is 0.745 bits per heavy atom. The van der Waals surface area contributed by atoms with Crippen LogP contribution >= 0.6 is 0 Å². The lowest BCUT2D eigenvalue weighted by Gasteiger charge is -2.22. The highest BCUT2D eigenvalue weighted by Crippen LogP contribution is 2.33. The van der Waals surface area contributed by atoms with Crippen LogP contribution < -0.4 is 9.47 Å². The number of phenols is 1. The molecule has 0 aliphatic heterocycles. The Morgan fingerprint density at radius 3 is 2.02 bits per heavy atom. The maximum Gasteiger partial charge on any atom is 0.306 e. The highest BCUT2D eigenvalue weighted by Gasteiger charge is 2.25. The first-order valence-corrected chi connectivity index (χ1v) is 16.5. The quantitative estimate of drug-likeness (QED) is 0.150. The van der Waals surface area contributed by atoms with Crippen LogP contribution in [0.1, 0.15) is 66.0 Å². The van der Waals surface area contributed by atoms with Crippen LogP contribution in [0, 0.1) is 18.8 Å². The number of unbranched alkanes of at least 4 members (excludes halogenated alkanes) is 1. The van der Waals surface area contributed by atoms with Crippen molar-refractivity contribution >= 4 is 11.9 Å². The molecule has 7 heteroatoms. The van der Waals surface area contributed by atoms with Gasteiger partial charge in [-0.3, -0.25) is 9.59 Å². The number of rotatable bonds is 10. The number of fused-ring (bicyclic) bond motifs is 2. The molecule has 2 aliphatic carbocycles. The average molecular weight is 637 g/mol. The fourth-order valence-corrected chi connectivity index (χ4v) is 6.25. The number of hydrogen-bond donors (Lipinski definition) is 3. The molecule has 0 fully saturated rings. The monoisotopic (exact) mass is 636 g/mol. The number of hydrogen-bond acceptors (Lipinski definition) is 5. The lowest BCUT2D eigenvalue weighted by atomic mass is 9.84. The zero-order valence-corrected chi connectivity index (χ0v) is 27.2. The third-order valence-corrected chi connectivity index (χ3v) is 9.08. The van der Waals surface area contributed by atoms with Crippen LogP contribution in [0.4, 0.5) is 0 Å². The number of phenolic OH excluding ortho intramolecular Hbond substituents is 1. The number of carboxylic acid groups (broad SMARTS) is 2. The van der Waals surface area contributed by atoms with Gasteiger partial charge in [-0.1, -0.05) is 61.4 Å². The Labute approximate surface area is 276 Å². The van der Waals surface area contributed by atoms with Gasteiger partial charge >= 0.3 is 11.9 Å². The smallest absolute Gasteiger partial charge is 0.306 e. The molecule has 246 valence electrons. The maximum absolute atomic E-state index is 11.3. The van der Waals surface area contributed by atoms with Gasteiger partial charge in [-0.05, 0) is 122 Å². The van der Waals surface area contributed by atoms with Crippen molar-refractivity contribution in [1.29, 1.82) is 0 Å². The first-order chi connectivity index (χ1) is 22.7. The molecule has 0 bridgehead atoms. The van der Waals surface area contributed by atoms with Crippen LogP contribution in [0.15, 0.2) is 78.9 Å². The van der Waals surface area contributed by atoms with E-state index in [0.717, 1.165) is 77.2 Å². The number of aromatic hydroxyl groups is 1. The van der Waals surface area contributed by atoms with Crippen LogP contribution in [0.5, 0.6) is 17.2 Å². The SMILES string of the molecule is CCCCOc1ccc(C)cc1-c1ccc(COc2ccc3c(c2)CCC(C(=O)O)C3)cc1.O=C(O)C1CCc2cc(O)ccc2C1. The van der Waals surface area contributed by atoms with Gasteiger partial charge in [-0.2, -0.15) is 0 Å². The first kappa shape index (κ1) is 33.6. The molecule has 2 aliphatic rings. The van der Waals surface area contributed by atoms with E-state index in [2.05, 4.69) is 62.4 Å². The highest BCUT2D eigenvalue weighted by molar-refractivity contribution is 5.72. The minimum absolute atomic E-state index is 0.257. The molecule has 7 nitrogen and oxygen atoms in total. The number of ether oxygens (including phenoxy) is 2. The minimum atomic E-state index is -0.719. The summed E-state index contributed by atoms with van der Waals surface area (Å²) in [7, 11) is 0. The lowest BCUT2D eigenvalue weighted by Crippen LogP contribution is -2.22. The molecule has 4 aromatic rings. The van der Waals surface area contributed by atoms with Crippen molar-refractivity contribution in [2.75, 3.05) is 6.61 Å². The van der Waals surface area contributed by atoms with Gasteiger partial charge in [0.1, 0.15) is 23.9 Å². The molecule has 6 rings (SSSR count).